The average Bonchev–Trinajstić information content (AvgIpc) is 2.97. The maximum absolute atomic E-state index is 12.1. The van der Waals surface area contributed by atoms with E-state index in [4.69, 9.17) is 0 Å². The summed E-state index contributed by atoms with van der Waals surface area (Å²) >= 11 is 0. The monoisotopic (exact) mass is 280 g/mol. The lowest BCUT2D eigenvalue weighted by atomic mass is 9.82. The van der Waals surface area contributed by atoms with Crippen LogP contribution >= 0.6 is 0 Å². The van der Waals surface area contributed by atoms with Gasteiger partial charge in [0.05, 0.1) is 0 Å². The first-order valence-electron chi connectivity index (χ1n) is 7.35. The summed E-state index contributed by atoms with van der Waals surface area (Å²) in [4.78, 5) is 12.1. The quantitative estimate of drug-likeness (QED) is 0.906. The van der Waals surface area contributed by atoms with Crippen LogP contribution in [0.15, 0.2) is 54.6 Å². The van der Waals surface area contributed by atoms with Crippen LogP contribution in [-0.2, 0) is 5.41 Å². The number of hydrogen-bond acceptors (Lipinski definition) is 2. The minimum Gasteiger partial charge on any atom is -0.322 e. The zero-order valence-corrected chi connectivity index (χ0v) is 12.2. The molecule has 0 unspecified atom stereocenters. The molecule has 108 valence electrons. The van der Waals surface area contributed by atoms with Gasteiger partial charge < -0.3 is 10.6 Å². The van der Waals surface area contributed by atoms with Gasteiger partial charge in [-0.2, -0.15) is 0 Å². The molecule has 0 spiro atoms. The maximum Gasteiger partial charge on any atom is 0.255 e. The summed E-state index contributed by atoms with van der Waals surface area (Å²) in [6, 6.07) is 17.5. The van der Waals surface area contributed by atoms with Crippen molar-refractivity contribution in [3.05, 3.63) is 65.7 Å². The molecule has 1 aliphatic rings. The third-order valence-corrected chi connectivity index (χ3v) is 4.24. The Bertz CT molecular complexity index is 613. The molecule has 0 aliphatic carbocycles. The second-order valence-electron chi connectivity index (χ2n) is 5.88. The largest absolute Gasteiger partial charge is 0.322 e. The fourth-order valence-corrected chi connectivity index (χ4v) is 2.81. The molecule has 0 bridgehead atoms. The fraction of sp³-hybridized carbons (Fsp3) is 0.278. The maximum atomic E-state index is 12.1. The van der Waals surface area contributed by atoms with E-state index in [2.05, 4.69) is 29.7 Å². The van der Waals surface area contributed by atoms with Crippen LogP contribution in [0.2, 0.25) is 0 Å². The van der Waals surface area contributed by atoms with Crippen molar-refractivity contribution in [2.45, 2.75) is 18.8 Å². The van der Waals surface area contributed by atoms with Crippen LogP contribution in [0.1, 0.15) is 29.3 Å². The Balaban J connectivity index is 1.71. The first-order valence-corrected chi connectivity index (χ1v) is 7.35. The van der Waals surface area contributed by atoms with Crippen molar-refractivity contribution in [2.24, 2.45) is 0 Å². The second kappa shape index (κ2) is 5.70. The zero-order valence-electron chi connectivity index (χ0n) is 12.2. The van der Waals surface area contributed by atoms with Crippen molar-refractivity contribution in [2.75, 3.05) is 18.4 Å². The number of rotatable bonds is 3. The number of nitrogens with one attached hydrogen (secondary N) is 2. The summed E-state index contributed by atoms with van der Waals surface area (Å²) in [7, 11) is 0. The molecule has 21 heavy (non-hydrogen) atoms. The van der Waals surface area contributed by atoms with Gasteiger partial charge >= 0.3 is 0 Å². The number of carbonyl (C=O) groups is 1. The second-order valence-corrected chi connectivity index (χ2v) is 5.88. The van der Waals surface area contributed by atoms with E-state index in [9.17, 15) is 4.79 Å². The van der Waals surface area contributed by atoms with Crippen LogP contribution in [0.4, 0.5) is 5.69 Å². The fourth-order valence-electron chi connectivity index (χ4n) is 2.81. The van der Waals surface area contributed by atoms with Crippen LogP contribution in [0, 0.1) is 0 Å². The van der Waals surface area contributed by atoms with E-state index < -0.39 is 0 Å². The Morgan fingerprint density at radius 1 is 1.10 bits per heavy atom. The van der Waals surface area contributed by atoms with Crippen LogP contribution in [0.25, 0.3) is 0 Å². The number of carbonyl (C=O) groups excluding carboxylic acids is 1. The smallest absolute Gasteiger partial charge is 0.255 e. The number of amides is 1. The molecule has 1 heterocycles. The average molecular weight is 280 g/mol. The zero-order chi connectivity index (χ0) is 14.7. The first-order chi connectivity index (χ1) is 10.2. The van der Waals surface area contributed by atoms with E-state index in [-0.39, 0.29) is 11.3 Å². The molecule has 1 aliphatic heterocycles. The van der Waals surface area contributed by atoms with Gasteiger partial charge in [-0.05, 0) is 42.8 Å². The Morgan fingerprint density at radius 3 is 2.43 bits per heavy atom. The first kappa shape index (κ1) is 13.8. The highest BCUT2D eigenvalue weighted by molar-refractivity contribution is 6.04. The van der Waals surface area contributed by atoms with E-state index >= 15 is 0 Å². The number of anilines is 1. The molecule has 1 amide bonds. The predicted molar refractivity (Wildman–Crippen MR) is 85.7 cm³/mol. The minimum atomic E-state index is -0.0721. The van der Waals surface area contributed by atoms with Gasteiger partial charge in [-0.25, -0.2) is 0 Å². The summed E-state index contributed by atoms with van der Waals surface area (Å²) < 4.78 is 0. The Labute approximate surface area is 125 Å². The highest BCUT2D eigenvalue weighted by Crippen LogP contribution is 2.30. The normalized spacial score (nSPS) is 21.2. The van der Waals surface area contributed by atoms with Gasteiger partial charge in [0.2, 0.25) is 0 Å². The molecule has 3 nitrogen and oxygen atoms in total. The SMILES string of the molecule is C[C@]1(c2ccc(NC(=O)c3ccccc3)cc2)CCNC1. The molecule has 1 fully saturated rings. The molecule has 2 aromatic rings. The van der Waals surface area contributed by atoms with E-state index in [1.54, 1.807) is 0 Å². The number of hydrogen-bond donors (Lipinski definition) is 2. The molecule has 3 rings (SSSR count). The molecule has 1 saturated heterocycles. The van der Waals surface area contributed by atoms with Gasteiger partial charge in [-0.1, -0.05) is 37.3 Å². The highest BCUT2D eigenvalue weighted by atomic mass is 16.1. The molecule has 3 heteroatoms. The molecular formula is C18H20N2O. The van der Waals surface area contributed by atoms with Crippen molar-refractivity contribution in [1.82, 2.24) is 5.32 Å². The highest BCUT2D eigenvalue weighted by Gasteiger charge is 2.30. The van der Waals surface area contributed by atoms with Crippen molar-refractivity contribution in [3.63, 3.8) is 0 Å². The molecule has 0 radical (unpaired) electrons. The Kier molecular flexibility index (Phi) is 3.76. The minimum absolute atomic E-state index is 0.0721. The Hall–Kier alpha value is -2.13. The van der Waals surface area contributed by atoms with Crippen molar-refractivity contribution in [1.29, 1.82) is 0 Å². The molecule has 2 aromatic carbocycles. The molecule has 0 saturated carbocycles. The summed E-state index contributed by atoms with van der Waals surface area (Å²) in [5.74, 6) is -0.0721. The summed E-state index contributed by atoms with van der Waals surface area (Å²) in [5, 5.41) is 6.34. The van der Waals surface area contributed by atoms with Gasteiger partial charge in [0.1, 0.15) is 0 Å². The van der Waals surface area contributed by atoms with Gasteiger partial charge in [0, 0.05) is 23.2 Å². The van der Waals surface area contributed by atoms with Crippen LogP contribution in [0.3, 0.4) is 0 Å². The van der Waals surface area contributed by atoms with Gasteiger partial charge in [-0.15, -0.1) is 0 Å². The third kappa shape index (κ3) is 2.98. The summed E-state index contributed by atoms with van der Waals surface area (Å²) in [6.07, 6.45) is 1.16. The van der Waals surface area contributed by atoms with Gasteiger partial charge in [-0.3, -0.25) is 4.79 Å². The standard InChI is InChI=1S/C18H20N2O/c1-18(11-12-19-13-18)15-7-9-16(10-8-15)20-17(21)14-5-3-2-4-6-14/h2-10,19H,11-13H2,1H3,(H,20,21)/t18-/m0/s1. The molecule has 0 aromatic heterocycles. The van der Waals surface area contributed by atoms with E-state index in [0.717, 1.165) is 25.2 Å². The summed E-state index contributed by atoms with van der Waals surface area (Å²) in [6.45, 7) is 4.37. The van der Waals surface area contributed by atoms with Gasteiger partial charge in [0.25, 0.3) is 5.91 Å². The predicted octanol–water partition coefficient (Wildman–Crippen LogP) is 3.19. The van der Waals surface area contributed by atoms with E-state index in [0.29, 0.717) is 5.56 Å². The van der Waals surface area contributed by atoms with Crippen LogP contribution < -0.4 is 10.6 Å². The molecule has 1 atom stereocenters. The number of benzene rings is 2. The van der Waals surface area contributed by atoms with E-state index in [1.807, 2.05) is 42.5 Å². The summed E-state index contributed by atoms with van der Waals surface area (Å²) in [5.41, 5.74) is 3.04. The lowest BCUT2D eigenvalue weighted by Crippen LogP contribution is -2.24. The lowest BCUT2D eigenvalue weighted by molar-refractivity contribution is 0.102. The van der Waals surface area contributed by atoms with Crippen molar-refractivity contribution in [3.8, 4) is 0 Å². The van der Waals surface area contributed by atoms with Crippen LogP contribution in [0.5, 0.6) is 0 Å². The Morgan fingerprint density at radius 2 is 1.81 bits per heavy atom. The van der Waals surface area contributed by atoms with Crippen molar-refractivity contribution >= 4 is 11.6 Å². The topological polar surface area (TPSA) is 41.1 Å². The molecule has 2 N–H and O–H groups in total. The van der Waals surface area contributed by atoms with Crippen LogP contribution in [-0.4, -0.2) is 19.0 Å². The lowest BCUT2D eigenvalue weighted by Gasteiger charge is -2.23. The molecular weight excluding hydrogens is 260 g/mol. The van der Waals surface area contributed by atoms with E-state index in [1.165, 1.54) is 5.56 Å². The van der Waals surface area contributed by atoms with Gasteiger partial charge in [0.15, 0.2) is 0 Å². The van der Waals surface area contributed by atoms with Crippen molar-refractivity contribution < 1.29 is 4.79 Å². The third-order valence-electron chi connectivity index (χ3n) is 4.24.